The van der Waals surface area contributed by atoms with E-state index in [1.54, 1.807) is 18.2 Å². The predicted octanol–water partition coefficient (Wildman–Crippen LogP) is 4.56. The van der Waals surface area contributed by atoms with E-state index in [1.165, 1.54) is 6.07 Å². The number of amides is 1. The molecule has 23 heavy (non-hydrogen) atoms. The Morgan fingerprint density at radius 2 is 1.87 bits per heavy atom. The van der Waals surface area contributed by atoms with E-state index in [-0.39, 0.29) is 24.2 Å². The molecular formula is C16H14Cl2F2N2O. The van der Waals surface area contributed by atoms with Gasteiger partial charge in [0.1, 0.15) is 0 Å². The first-order valence-electron chi connectivity index (χ1n) is 6.80. The summed E-state index contributed by atoms with van der Waals surface area (Å²) in [4.78, 5) is 11.8. The van der Waals surface area contributed by atoms with Crippen molar-refractivity contribution in [1.29, 1.82) is 0 Å². The molecule has 0 aromatic heterocycles. The lowest BCUT2D eigenvalue weighted by Gasteiger charge is -2.16. The van der Waals surface area contributed by atoms with E-state index >= 15 is 0 Å². The summed E-state index contributed by atoms with van der Waals surface area (Å²) in [5.74, 6) is -2.36. The Kier molecular flexibility index (Phi) is 5.93. The first-order chi connectivity index (χ1) is 10.9. The number of hydrogen-bond donors (Lipinski definition) is 2. The van der Waals surface area contributed by atoms with Crippen LogP contribution in [-0.4, -0.2) is 12.5 Å². The fraction of sp³-hybridized carbons (Fsp3) is 0.188. The second kappa shape index (κ2) is 7.73. The van der Waals surface area contributed by atoms with Crippen LogP contribution in [0.4, 0.5) is 14.5 Å². The number of benzene rings is 2. The molecule has 122 valence electrons. The van der Waals surface area contributed by atoms with E-state index in [0.29, 0.717) is 10.0 Å². The average Bonchev–Trinajstić information content (AvgIpc) is 2.48. The van der Waals surface area contributed by atoms with Gasteiger partial charge in [-0.2, -0.15) is 0 Å². The molecule has 3 nitrogen and oxygen atoms in total. The van der Waals surface area contributed by atoms with Gasteiger partial charge < -0.3 is 10.6 Å². The number of anilines is 1. The van der Waals surface area contributed by atoms with Crippen molar-refractivity contribution in [2.45, 2.75) is 13.0 Å². The molecule has 0 spiro atoms. The highest BCUT2D eigenvalue weighted by atomic mass is 35.5. The van der Waals surface area contributed by atoms with Crippen molar-refractivity contribution in [3.63, 3.8) is 0 Å². The van der Waals surface area contributed by atoms with Gasteiger partial charge >= 0.3 is 0 Å². The minimum Gasteiger partial charge on any atom is -0.325 e. The highest BCUT2D eigenvalue weighted by molar-refractivity contribution is 6.35. The summed E-state index contributed by atoms with van der Waals surface area (Å²) in [7, 11) is 0. The number of carbonyl (C=O) groups is 1. The topological polar surface area (TPSA) is 41.1 Å². The maximum atomic E-state index is 13.1. The standard InChI is InChI=1S/C16H14Cl2F2N2O/c1-9(12-4-2-10(17)6-13(12)18)21-8-16(23)22-11-3-5-14(19)15(20)7-11/h2-7,9,21H,8H2,1H3,(H,22,23)/t9-/m0/s1. The van der Waals surface area contributed by atoms with Crippen LogP contribution in [0.3, 0.4) is 0 Å². The highest BCUT2D eigenvalue weighted by Crippen LogP contribution is 2.25. The molecule has 0 aliphatic rings. The van der Waals surface area contributed by atoms with Crippen molar-refractivity contribution >= 4 is 34.8 Å². The molecule has 0 aliphatic carbocycles. The Morgan fingerprint density at radius 1 is 1.13 bits per heavy atom. The third kappa shape index (κ3) is 4.89. The molecule has 0 saturated heterocycles. The fourth-order valence-corrected chi connectivity index (χ4v) is 2.56. The zero-order chi connectivity index (χ0) is 17.0. The smallest absolute Gasteiger partial charge is 0.238 e. The van der Waals surface area contributed by atoms with E-state index in [0.717, 1.165) is 17.7 Å². The molecule has 1 atom stereocenters. The van der Waals surface area contributed by atoms with Gasteiger partial charge in [-0.3, -0.25) is 4.79 Å². The molecule has 0 bridgehead atoms. The van der Waals surface area contributed by atoms with E-state index < -0.39 is 11.6 Å². The summed E-state index contributed by atoms with van der Waals surface area (Å²) in [5, 5.41) is 6.50. The summed E-state index contributed by atoms with van der Waals surface area (Å²) in [6, 6.07) is 8.09. The average molecular weight is 359 g/mol. The van der Waals surface area contributed by atoms with E-state index in [4.69, 9.17) is 23.2 Å². The number of nitrogens with one attached hydrogen (secondary N) is 2. The summed E-state index contributed by atoms with van der Waals surface area (Å²) in [6.07, 6.45) is 0. The van der Waals surface area contributed by atoms with Crippen LogP contribution >= 0.6 is 23.2 Å². The third-order valence-corrected chi connectivity index (χ3v) is 3.76. The fourth-order valence-electron chi connectivity index (χ4n) is 1.99. The molecule has 1 amide bonds. The van der Waals surface area contributed by atoms with Crippen molar-refractivity contribution in [3.8, 4) is 0 Å². The molecule has 2 N–H and O–H groups in total. The quantitative estimate of drug-likeness (QED) is 0.822. The van der Waals surface area contributed by atoms with Crippen molar-refractivity contribution in [3.05, 3.63) is 63.6 Å². The van der Waals surface area contributed by atoms with Crippen LogP contribution in [-0.2, 0) is 4.79 Å². The Balaban J connectivity index is 1.91. The Bertz CT molecular complexity index is 725. The second-order valence-corrected chi connectivity index (χ2v) is 5.79. The van der Waals surface area contributed by atoms with Gasteiger partial charge in [-0.1, -0.05) is 29.3 Å². The van der Waals surface area contributed by atoms with E-state index in [1.807, 2.05) is 6.92 Å². The minimum atomic E-state index is -1.02. The van der Waals surface area contributed by atoms with Crippen LogP contribution in [0.25, 0.3) is 0 Å². The highest BCUT2D eigenvalue weighted by Gasteiger charge is 2.12. The van der Waals surface area contributed by atoms with Gasteiger partial charge in [0.15, 0.2) is 11.6 Å². The molecule has 0 fully saturated rings. The molecule has 2 aromatic rings. The van der Waals surface area contributed by atoms with Crippen LogP contribution in [0.5, 0.6) is 0 Å². The predicted molar refractivity (Wildman–Crippen MR) is 87.9 cm³/mol. The summed E-state index contributed by atoms with van der Waals surface area (Å²) in [5.41, 5.74) is 0.990. The number of hydrogen-bond acceptors (Lipinski definition) is 2. The zero-order valence-corrected chi connectivity index (χ0v) is 13.7. The zero-order valence-electron chi connectivity index (χ0n) is 12.2. The first-order valence-corrected chi connectivity index (χ1v) is 7.55. The maximum Gasteiger partial charge on any atom is 0.238 e. The SMILES string of the molecule is C[C@H](NCC(=O)Nc1ccc(F)c(F)c1)c1ccc(Cl)cc1Cl. The van der Waals surface area contributed by atoms with Gasteiger partial charge in [0.05, 0.1) is 6.54 Å². The Labute approximate surface area is 142 Å². The Hall–Kier alpha value is -1.69. The molecule has 2 rings (SSSR count). The van der Waals surface area contributed by atoms with Crippen LogP contribution in [0.2, 0.25) is 10.0 Å². The Morgan fingerprint density at radius 3 is 2.52 bits per heavy atom. The number of rotatable bonds is 5. The van der Waals surface area contributed by atoms with Gasteiger partial charge in [0.2, 0.25) is 5.91 Å². The van der Waals surface area contributed by atoms with Gasteiger partial charge in [0.25, 0.3) is 0 Å². The molecule has 0 radical (unpaired) electrons. The monoisotopic (exact) mass is 358 g/mol. The summed E-state index contributed by atoms with van der Waals surface area (Å²) < 4.78 is 25.9. The second-order valence-electron chi connectivity index (χ2n) is 4.95. The molecule has 7 heteroatoms. The number of carbonyl (C=O) groups excluding carboxylic acids is 1. The van der Waals surface area contributed by atoms with Crippen LogP contribution in [0, 0.1) is 11.6 Å². The van der Waals surface area contributed by atoms with Crippen LogP contribution in [0.1, 0.15) is 18.5 Å². The maximum absolute atomic E-state index is 13.1. The van der Waals surface area contributed by atoms with Gasteiger partial charge in [-0.25, -0.2) is 8.78 Å². The molecule has 0 heterocycles. The third-order valence-electron chi connectivity index (χ3n) is 3.20. The molecule has 0 unspecified atom stereocenters. The molecule has 0 aliphatic heterocycles. The lowest BCUT2D eigenvalue weighted by Crippen LogP contribution is -2.30. The van der Waals surface area contributed by atoms with E-state index in [2.05, 4.69) is 10.6 Å². The van der Waals surface area contributed by atoms with Gasteiger partial charge in [-0.15, -0.1) is 0 Å². The molecular weight excluding hydrogens is 345 g/mol. The molecule has 2 aromatic carbocycles. The first kappa shape index (κ1) is 17.7. The lowest BCUT2D eigenvalue weighted by atomic mass is 10.1. The van der Waals surface area contributed by atoms with Gasteiger partial charge in [0, 0.05) is 27.8 Å². The summed E-state index contributed by atoms with van der Waals surface area (Å²) in [6.45, 7) is 1.83. The minimum absolute atomic E-state index is 0.0148. The van der Waals surface area contributed by atoms with Crippen LogP contribution in [0.15, 0.2) is 36.4 Å². The molecule has 0 saturated carbocycles. The van der Waals surface area contributed by atoms with Crippen molar-refractivity contribution in [2.75, 3.05) is 11.9 Å². The van der Waals surface area contributed by atoms with Crippen LogP contribution < -0.4 is 10.6 Å². The summed E-state index contributed by atoms with van der Waals surface area (Å²) >= 11 is 11.9. The normalized spacial score (nSPS) is 12.0. The number of halogens is 4. The van der Waals surface area contributed by atoms with Gasteiger partial charge in [-0.05, 0) is 36.8 Å². The van der Waals surface area contributed by atoms with E-state index in [9.17, 15) is 13.6 Å². The van der Waals surface area contributed by atoms with Crippen molar-refractivity contribution in [1.82, 2.24) is 5.32 Å². The van der Waals surface area contributed by atoms with Crippen molar-refractivity contribution in [2.24, 2.45) is 0 Å². The largest absolute Gasteiger partial charge is 0.325 e. The lowest BCUT2D eigenvalue weighted by molar-refractivity contribution is -0.115. The van der Waals surface area contributed by atoms with Crippen molar-refractivity contribution < 1.29 is 13.6 Å².